The second-order valence-electron chi connectivity index (χ2n) is 3.58. The van der Waals surface area contributed by atoms with E-state index < -0.39 is 5.97 Å². The van der Waals surface area contributed by atoms with Crippen molar-refractivity contribution in [1.29, 1.82) is 0 Å². The first kappa shape index (κ1) is 11.0. The Morgan fingerprint density at radius 3 is 3.00 bits per heavy atom. The molecular weight excluding hydrogens is 178 g/mol. The molecule has 0 heterocycles. The SMILES string of the molecule is C/C(=C/CNC1CC=CCC1)C(=O)O. The molecule has 0 saturated heterocycles. The lowest BCUT2D eigenvalue weighted by Gasteiger charge is -2.18. The number of rotatable bonds is 4. The van der Waals surface area contributed by atoms with Crippen molar-refractivity contribution in [2.45, 2.75) is 32.2 Å². The normalized spacial score (nSPS) is 22.4. The third-order valence-electron chi connectivity index (χ3n) is 2.42. The Labute approximate surface area is 84.5 Å². The third-order valence-corrected chi connectivity index (χ3v) is 2.42. The maximum atomic E-state index is 10.5. The molecular formula is C11H17NO2. The molecule has 0 aromatic rings. The molecule has 0 bridgehead atoms. The van der Waals surface area contributed by atoms with Gasteiger partial charge in [0.25, 0.3) is 0 Å². The second-order valence-corrected chi connectivity index (χ2v) is 3.58. The van der Waals surface area contributed by atoms with Gasteiger partial charge in [-0.2, -0.15) is 0 Å². The molecule has 3 nitrogen and oxygen atoms in total. The Balaban J connectivity index is 2.23. The number of carboxylic acid groups (broad SMARTS) is 1. The summed E-state index contributed by atoms with van der Waals surface area (Å²) in [6, 6.07) is 0.512. The number of nitrogens with one attached hydrogen (secondary N) is 1. The van der Waals surface area contributed by atoms with Crippen LogP contribution in [0.1, 0.15) is 26.2 Å². The Hall–Kier alpha value is -1.09. The molecule has 3 heteroatoms. The topological polar surface area (TPSA) is 49.3 Å². The second kappa shape index (κ2) is 5.60. The molecule has 1 unspecified atom stereocenters. The van der Waals surface area contributed by atoms with Gasteiger partial charge < -0.3 is 10.4 Å². The molecule has 0 spiro atoms. The van der Waals surface area contributed by atoms with Crippen LogP contribution in [0.15, 0.2) is 23.8 Å². The van der Waals surface area contributed by atoms with Crippen molar-refractivity contribution < 1.29 is 9.90 Å². The average Bonchev–Trinajstić information content (AvgIpc) is 2.19. The van der Waals surface area contributed by atoms with Gasteiger partial charge in [0.1, 0.15) is 0 Å². The van der Waals surface area contributed by atoms with E-state index in [1.54, 1.807) is 13.0 Å². The largest absolute Gasteiger partial charge is 0.478 e. The van der Waals surface area contributed by atoms with Crippen molar-refractivity contribution in [2.75, 3.05) is 6.54 Å². The highest BCUT2D eigenvalue weighted by Gasteiger charge is 2.07. The fourth-order valence-electron chi connectivity index (χ4n) is 1.44. The van der Waals surface area contributed by atoms with Gasteiger partial charge in [-0.05, 0) is 26.2 Å². The van der Waals surface area contributed by atoms with Gasteiger partial charge in [-0.25, -0.2) is 4.79 Å². The lowest BCUT2D eigenvalue weighted by atomic mass is 10.0. The molecule has 1 atom stereocenters. The molecule has 1 aliphatic carbocycles. The number of hydrogen-bond donors (Lipinski definition) is 2. The predicted molar refractivity (Wildman–Crippen MR) is 56.2 cm³/mol. The molecule has 0 fully saturated rings. The van der Waals surface area contributed by atoms with Crippen molar-refractivity contribution in [2.24, 2.45) is 0 Å². The van der Waals surface area contributed by atoms with Crippen molar-refractivity contribution >= 4 is 5.97 Å². The van der Waals surface area contributed by atoms with E-state index in [0.717, 1.165) is 19.3 Å². The van der Waals surface area contributed by atoms with E-state index in [0.29, 0.717) is 18.2 Å². The van der Waals surface area contributed by atoms with Gasteiger partial charge >= 0.3 is 5.97 Å². The molecule has 78 valence electrons. The van der Waals surface area contributed by atoms with E-state index in [-0.39, 0.29) is 0 Å². The summed E-state index contributed by atoms with van der Waals surface area (Å²) in [7, 11) is 0. The van der Waals surface area contributed by atoms with Gasteiger partial charge in [0.05, 0.1) is 0 Å². The molecule has 0 saturated carbocycles. The fraction of sp³-hybridized carbons (Fsp3) is 0.545. The summed E-state index contributed by atoms with van der Waals surface area (Å²) in [6.07, 6.45) is 9.42. The number of carboxylic acids is 1. The first-order chi connectivity index (χ1) is 6.70. The van der Waals surface area contributed by atoms with Gasteiger partial charge in [0.15, 0.2) is 0 Å². The molecule has 2 N–H and O–H groups in total. The van der Waals surface area contributed by atoms with Gasteiger partial charge in [0.2, 0.25) is 0 Å². The minimum absolute atomic E-state index is 0.406. The van der Waals surface area contributed by atoms with E-state index in [1.807, 2.05) is 0 Å². The minimum atomic E-state index is -0.838. The highest BCUT2D eigenvalue weighted by molar-refractivity contribution is 5.85. The van der Waals surface area contributed by atoms with Crippen LogP contribution in [0.3, 0.4) is 0 Å². The van der Waals surface area contributed by atoms with Gasteiger partial charge in [-0.3, -0.25) is 0 Å². The van der Waals surface area contributed by atoms with Gasteiger partial charge in [-0.1, -0.05) is 18.2 Å². The third kappa shape index (κ3) is 3.75. The van der Waals surface area contributed by atoms with Crippen LogP contribution in [0.5, 0.6) is 0 Å². The monoisotopic (exact) mass is 195 g/mol. The van der Waals surface area contributed by atoms with E-state index in [9.17, 15) is 4.79 Å². The minimum Gasteiger partial charge on any atom is -0.478 e. The van der Waals surface area contributed by atoms with Crippen LogP contribution in [0.4, 0.5) is 0 Å². The molecule has 14 heavy (non-hydrogen) atoms. The molecule has 0 aromatic carbocycles. The van der Waals surface area contributed by atoms with E-state index in [2.05, 4.69) is 17.5 Å². The summed E-state index contributed by atoms with van der Waals surface area (Å²) < 4.78 is 0. The van der Waals surface area contributed by atoms with Crippen LogP contribution in [0.2, 0.25) is 0 Å². The van der Waals surface area contributed by atoms with Crippen LogP contribution >= 0.6 is 0 Å². The van der Waals surface area contributed by atoms with Crippen molar-refractivity contribution in [3.8, 4) is 0 Å². The number of carbonyl (C=O) groups is 1. The van der Waals surface area contributed by atoms with E-state index in [4.69, 9.17) is 5.11 Å². The van der Waals surface area contributed by atoms with Crippen LogP contribution in [-0.2, 0) is 4.79 Å². The summed E-state index contributed by atoms with van der Waals surface area (Å²) in [4.78, 5) is 10.5. The first-order valence-electron chi connectivity index (χ1n) is 4.98. The Morgan fingerprint density at radius 1 is 1.64 bits per heavy atom. The van der Waals surface area contributed by atoms with E-state index in [1.165, 1.54) is 0 Å². The van der Waals surface area contributed by atoms with Crippen molar-refractivity contribution in [3.63, 3.8) is 0 Å². The smallest absolute Gasteiger partial charge is 0.330 e. The zero-order valence-corrected chi connectivity index (χ0v) is 8.49. The predicted octanol–water partition coefficient (Wildman–Crippen LogP) is 1.72. The number of hydrogen-bond acceptors (Lipinski definition) is 2. The van der Waals surface area contributed by atoms with Crippen LogP contribution < -0.4 is 5.32 Å². The highest BCUT2D eigenvalue weighted by atomic mass is 16.4. The lowest BCUT2D eigenvalue weighted by Crippen LogP contribution is -2.30. The highest BCUT2D eigenvalue weighted by Crippen LogP contribution is 2.09. The summed E-state index contributed by atoms with van der Waals surface area (Å²) in [5.41, 5.74) is 0.406. The maximum absolute atomic E-state index is 10.5. The van der Waals surface area contributed by atoms with Crippen LogP contribution in [-0.4, -0.2) is 23.7 Å². The van der Waals surface area contributed by atoms with Crippen molar-refractivity contribution in [1.82, 2.24) is 5.32 Å². The molecule has 1 rings (SSSR count). The summed E-state index contributed by atoms with van der Waals surface area (Å²) in [6.45, 7) is 2.27. The van der Waals surface area contributed by atoms with Gasteiger partial charge in [0, 0.05) is 18.2 Å². The maximum Gasteiger partial charge on any atom is 0.330 e. The summed E-state index contributed by atoms with van der Waals surface area (Å²) in [5.74, 6) is -0.838. The summed E-state index contributed by atoms with van der Waals surface area (Å²) in [5, 5.41) is 11.9. The van der Waals surface area contributed by atoms with Crippen LogP contribution in [0, 0.1) is 0 Å². The zero-order valence-electron chi connectivity index (χ0n) is 8.49. The fourth-order valence-corrected chi connectivity index (χ4v) is 1.44. The van der Waals surface area contributed by atoms with E-state index >= 15 is 0 Å². The zero-order chi connectivity index (χ0) is 10.4. The molecule has 0 aliphatic heterocycles. The molecule has 0 aromatic heterocycles. The van der Waals surface area contributed by atoms with Gasteiger partial charge in [-0.15, -0.1) is 0 Å². The standard InChI is InChI=1S/C11H17NO2/c1-9(11(13)14)7-8-12-10-5-3-2-4-6-10/h2-3,7,10,12H,4-6,8H2,1H3,(H,13,14)/b9-7-. The molecule has 1 aliphatic rings. The average molecular weight is 195 g/mol. The summed E-state index contributed by atoms with van der Waals surface area (Å²) >= 11 is 0. The Bertz CT molecular complexity index is 256. The first-order valence-corrected chi connectivity index (χ1v) is 4.98. The molecule has 0 amide bonds. The molecule has 0 radical (unpaired) electrons. The van der Waals surface area contributed by atoms with Crippen LogP contribution in [0.25, 0.3) is 0 Å². The Morgan fingerprint density at radius 2 is 2.43 bits per heavy atom. The Kier molecular flexibility index (Phi) is 4.40. The lowest BCUT2D eigenvalue weighted by molar-refractivity contribution is -0.132. The number of aliphatic carboxylic acids is 1. The number of allylic oxidation sites excluding steroid dienone is 1. The quantitative estimate of drug-likeness (QED) is 0.530. The van der Waals surface area contributed by atoms with Crippen molar-refractivity contribution in [3.05, 3.63) is 23.8 Å².